The van der Waals surface area contributed by atoms with Gasteiger partial charge in [-0.2, -0.15) is 0 Å². The van der Waals surface area contributed by atoms with Crippen molar-refractivity contribution in [3.63, 3.8) is 0 Å². The van der Waals surface area contributed by atoms with Crippen LogP contribution in [-0.2, 0) is 0 Å². The third-order valence-electron chi connectivity index (χ3n) is 1.97. The molecule has 0 unspecified atom stereocenters. The number of aromatic nitrogens is 2. The van der Waals surface area contributed by atoms with Gasteiger partial charge in [0.25, 0.3) is 0 Å². The van der Waals surface area contributed by atoms with Crippen LogP contribution in [0.3, 0.4) is 0 Å². The van der Waals surface area contributed by atoms with E-state index in [0.717, 1.165) is 17.7 Å². The molecule has 1 aliphatic carbocycles. The molecule has 0 spiro atoms. The van der Waals surface area contributed by atoms with Crippen molar-refractivity contribution >= 4 is 11.6 Å². The second-order valence-corrected chi connectivity index (χ2v) is 2.85. The van der Waals surface area contributed by atoms with Gasteiger partial charge in [0.15, 0.2) is 0 Å². The maximum Gasteiger partial charge on any atom is 0.116 e. The van der Waals surface area contributed by atoms with Gasteiger partial charge >= 0.3 is 0 Å². The maximum atomic E-state index is 4.23. The van der Waals surface area contributed by atoms with Crippen molar-refractivity contribution in [1.82, 2.24) is 9.97 Å². The summed E-state index contributed by atoms with van der Waals surface area (Å²) in [5.41, 5.74) is 3.40. The Hall–Kier alpha value is -1.44. The molecule has 0 atom stereocenters. The summed E-state index contributed by atoms with van der Waals surface area (Å²) in [5.74, 6) is 0. The molecule has 0 N–H and O–H groups in total. The van der Waals surface area contributed by atoms with Gasteiger partial charge in [-0.05, 0) is 18.9 Å². The van der Waals surface area contributed by atoms with Crippen LogP contribution in [0.2, 0.25) is 0 Å². The van der Waals surface area contributed by atoms with Crippen molar-refractivity contribution in [1.29, 1.82) is 0 Å². The number of hydrogen-bond donors (Lipinski definition) is 0. The Labute approximate surface area is 85.4 Å². The van der Waals surface area contributed by atoms with Crippen LogP contribution in [0.1, 0.15) is 38.4 Å². The lowest BCUT2D eigenvalue weighted by molar-refractivity contribution is 1.13. The van der Waals surface area contributed by atoms with Crippen LogP contribution in [0.4, 0.5) is 0 Å². The molecule has 2 nitrogen and oxygen atoms in total. The highest BCUT2D eigenvalue weighted by Crippen LogP contribution is 2.20. The van der Waals surface area contributed by atoms with E-state index in [1.165, 1.54) is 5.57 Å². The summed E-state index contributed by atoms with van der Waals surface area (Å²) in [6.45, 7) is 6.08. The lowest BCUT2D eigenvalue weighted by Crippen LogP contribution is -1.90. The van der Waals surface area contributed by atoms with Crippen molar-refractivity contribution in [2.24, 2.45) is 0 Å². The van der Waals surface area contributed by atoms with Crippen LogP contribution in [0.15, 0.2) is 24.7 Å². The largest absolute Gasteiger partial charge is 0.244 e. The van der Waals surface area contributed by atoms with Crippen LogP contribution in [-0.4, -0.2) is 9.97 Å². The lowest BCUT2D eigenvalue weighted by Gasteiger charge is -2.01. The molecule has 0 aromatic carbocycles. The summed E-state index contributed by atoms with van der Waals surface area (Å²) >= 11 is 0. The molecule has 2 heteroatoms. The predicted octanol–water partition coefficient (Wildman–Crippen LogP) is 3.32. The Balaban J connectivity index is 0.000000461. The summed E-state index contributed by atoms with van der Waals surface area (Å²) in [6, 6.07) is 0. The molecule has 14 heavy (non-hydrogen) atoms. The number of nitrogens with zero attached hydrogens (tertiary/aromatic N) is 2. The molecular weight excluding hydrogens is 172 g/mol. The van der Waals surface area contributed by atoms with Gasteiger partial charge in [0, 0.05) is 11.8 Å². The second-order valence-electron chi connectivity index (χ2n) is 2.85. The molecule has 1 heterocycles. The van der Waals surface area contributed by atoms with Gasteiger partial charge in [-0.15, -0.1) is 0 Å². The first-order valence-corrected chi connectivity index (χ1v) is 5.01. The van der Waals surface area contributed by atoms with E-state index in [2.05, 4.69) is 35.1 Å². The van der Waals surface area contributed by atoms with Gasteiger partial charge in [0.1, 0.15) is 6.33 Å². The topological polar surface area (TPSA) is 25.8 Å². The second kappa shape index (κ2) is 5.32. The quantitative estimate of drug-likeness (QED) is 0.624. The highest BCUT2D eigenvalue weighted by molar-refractivity contribution is 5.71. The molecule has 0 saturated heterocycles. The van der Waals surface area contributed by atoms with E-state index >= 15 is 0 Å². The summed E-state index contributed by atoms with van der Waals surface area (Å²) in [6.07, 6.45) is 10.8. The Morgan fingerprint density at radius 3 is 2.86 bits per heavy atom. The SMILES string of the molecule is CC.CC1=CCC=Cc2cncnc21. The van der Waals surface area contributed by atoms with Gasteiger partial charge in [-0.1, -0.05) is 32.1 Å². The van der Waals surface area contributed by atoms with E-state index < -0.39 is 0 Å². The monoisotopic (exact) mass is 188 g/mol. The van der Waals surface area contributed by atoms with Crippen molar-refractivity contribution in [3.05, 3.63) is 35.9 Å². The first kappa shape index (κ1) is 10.6. The molecule has 0 aliphatic heterocycles. The number of allylic oxidation sites excluding steroid dienone is 3. The van der Waals surface area contributed by atoms with E-state index in [4.69, 9.17) is 0 Å². The molecule has 0 bridgehead atoms. The summed E-state index contributed by atoms with van der Waals surface area (Å²) < 4.78 is 0. The standard InChI is InChI=1S/C10H10N2.C2H6/c1-8-4-2-3-5-9-6-11-7-12-10(8)9;1-2/h3-7H,2H2,1H3;1-2H3. The van der Waals surface area contributed by atoms with Crippen LogP contribution in [0.25, 0.3) is 11.6 Å². The number of rotatable bonds is 0. The Morgan fingerprint density at radius 1 is 1.29 bits per heavy atom. The average Bonchev–Trinajstić information content (AvgIpc) is 2.45. The van der Waals surface area contributed by atoms with Crippen molar-refractivity contribution in [3.8, 4) is 0 Å². The summed E-state index contributed by atoms with van der Waals surface area (Å²) in [7, 11) is 0. The summed E-state index contributed by atoms with van der Waals surface area (Å²) in [4.78, 5) is 8.21. The summed E-state index contributed by atoms with van der Waals surface area (Å²) in [5, 5.41) is 0. The third kappa shape index (κ3) is 2.28. The molecule has 2 rings (SSSR count). The zero-order valence-corrected chi connectivity index (χ0v) is 8.99. The highest BCUT2D eigenvalue weighted by atomic mass is 14.8. The van der Waals surface area contributed by atoms with Gasteiger partial charge in [-0.25, -0.2) is 9.97 Å². The zero-order valence-electron chi connectivity index (χ0n) is 8.99. The van der Waals surface area contributed by atoms with Crippen LogP contribution in [0, 0.1) is 0 Å². The first-order chi connectivity index (χ1) is 6.88. The van der Waals surface area contributed by atoms with Gasteiger partial charge in [0.05, 0.1) is 5.69 Å². The number of fused-ring (bicyclic) bond motifs is 1. The van der Waals surface area contributed by atoms with E-state index in [-0.39, 0.29) is 0 Å². The van der Waals surface area contributed by atoms with Crippen molar-refractivity contribution in [2.45, 2.75) is 27.2 Å². The fourth-order valence-corrected chi connectivity index (χ4v) is 1.33. The third-order valence-corrected chi connectivity index (χ3v) is 1.97. The van der Waals surface area contributed by atoms with Crippen molar-refractivity contribution < 1.29 is 0 Å². The van der Waals surface area contributed by atoms with Gasteiger partial charge < -0.3 is 0 Å². The highest BCUT2D eigenvalue weighted by Gasteiger charge is 2.04. The van der Waals surface area contributed by atoms with Crippen LogP contribution in [0.5, 0.6) is 0 Å². The van der Waals surface area contributed by atoms with E-state index in [0.29, 0.717) is 0 Å². The molecule has 0 fully saturated rings. The Bertz CT molecular complexity index is 351. The smallest absolute Gasteiger partial charge is 0.116 e. The minimum atomic E-state index is 0.988. The fraction of sp³-hybridized carbons (Fsp3) is 0.333. The fourth-order valence-electron chi connectivity index (χ4n) is 1.33. The predicted molar refractivity (Wildman–Crippen MR) is 60.7 cm³/mol. The number of hydrogen-bond acceptors (Lipinski definition) is 2. The Morgan fingerprint density at radius 2 is 2.07 bits per heavy atom. The average molecular weight is 188 g/mol. The minimum absolute atomic E-state index is 0.988. The first-order valence-electron chi connectivity index (χ1n) is 5.01. The maximum absolute atomic E-state index is 4.23. The van der Waals surface area contributed by atoms with Gasteiger partial charge in [-0.3, -0.25) is 0 Å². The molecule has 1 aliphatic rings. The van der Waals surface area contributed by atoms with Gasteiger partial charge in [0.2, 0.25) is 0 Å². The van der Waals surface area contributed by atoms with Crippen molar-refractivity contribution in [2.75, 3.05) is 0 Å². The zero-order chi connectivity index (χ0) is 10.4. The lowest BCUT2D eigenvalue weighted by atomic mass is 10.1. The molecule has 74 valence electrons. The van der Waals surface area contributed by atoms with E-state index in [1.807, 2.05) is 20.0 Å². The van der Waals surface area contributed by atoms with E-state index in [9.17, 15) is 0 Å². The molecule has 0 radical (unpaired) electrons. The Kier molecular flexibility index (Phi) is 4.05. The minimum Gasteiger partial charge on any atom is -0.244 e. The normalized spacial score (nSPS) is 13.2. The van der Waals surface area contributed by atoms with Crippen LogP contribution >= 0.6 is 0 Å². The molecular formula is C12H16N2. The molecule has 0 saturated carbocycles. The van der Waals surface area contributed by atoms with Crippen LogP contribution < -0.4 is 0 Å². The van der Waals surface area contributed by atoms with E-state index in [1.54, 1.807) is 6.33 Å². The molecule has 0 amide bonds. The molecule has 1 aromatic heterocycles. The molecule has 1 aromatic rings.